The standard InChI is InChI=1S/C19H23NO3.C6H16N2/c21-19(22)17-6-5-16-14-18(8-7-15(16)13-17)23-12-4-11-20-9-2-1-3-10-20;1-4-7-5-6-8(2)3/h5-8,13-14H,1-4,9-12H2,(H,21,22);7H,4-6H2,1-3H3. The van der Waals surface area contributed by atoms with Gasteiger partial charge in [-0.3, -0.25) is 0 Å². The highest BCUT2D eigenvalue weighted by Gasteiger charge is 2.09. The number of likely N-dealkylation sites (N-methyl/N-ethyl adjacent to an activating group) is 2. The Bertz CT molecular complexity index is 789. The van der Waals surface area contributed by atoms with E-state index in [1.165, 1.54) is 32.4 Å². The molecule has 1 aliphatic heterocycles. The number of nitrogens with zero attached hydrogens (tertiary/aromatic N) is 2. The van der Waals surface area contributed by atoms with Crippen LogP contribution in [-0.2, 0) is 0 Å². The lowest BCUT2D eigenvalue weighted by molar-refractivity contribution is 0.0697. The summed E-state index contributed by atoms with van der Waals surface area (Å²) in [5.41, 5.74) is 0.313. The van der Waals surface area contributed by atoms with Crippen molar-refractivity contribution in [2.24, 2.45) is 0 Å². The molecule has 2 aromatic rings. The number of hydrogen-bond acceptors (Lipinski definition) is 5. The first-order valence-electron chi connectivity index (χ1n) is 11.5. The van der Waals surface area contributed by atoms with Crippen LogP contribution in [-0.4, -0.2) is 80.8 Å². The summed E-state index contributed by atoms with van der Waals surface area (Å²) in [6, 6.07) is 11.0. The average molecular weight is 430 g/mol. The van der Waals surface area contributed by atoms with Gasteiger partial charge in [0.25, 0.3) is 0 Å². The minimum atomic E-state index is -0.898. The molecule has 31 heavy (non-hydrogen) atoms. The van der Waals surface area contributed by atoms with Crippen molar-refractivity contribution in [3.05, 3.63) is 42.0 Å². The predicted octanol–water partition coefficient (Wildman–Crippen LogP) is 3.95. The second-order valence-corrected chi connectivity index (χ2v) is 8.29. The first-order valence-corrected chi connectivity index (χ1v) is 11.5. The average Bonchev–Trinajstić information content (AvgIpc) is 2.77. The number of piperidine rings is 1. The van der Waals surface area contributed by atoms with Gasteiger partial charge in [-0.15, -0.1) is 0 Å². The van der Waals surface area contributed by atoms with Crippen LogP contribution in [0.4, 0.5) is 0 Å². The molecule has 3 rings (SSSR count). The second-order valence-electron chi connectivity index (χ2n) is 8.29. The summed E-state index contributed by atoms with van der Waals surface area (Å²) in [6.07, 6.45) is 5.05. The van der Waals surface area contributed by atoms with Gasteiger partial charge < -0.3 is 25.0 Å². The highest BCUT2D eigenvalue weighted by Crippen LogP contribution is 2.22. The Labute approximate surface area is 187 Å². The van der Waals surface area contributed by atoms with E-state index in [1.54, 1.807) is 12.1 Å². The Kier molecular flexibility index (Phi) is 11.4. The van der Waals surface area contributed by atoms with Gasteiger partial charge >= 0.3 is 5.97 Å². The number of carboxylic acid groups (broad SMARTS) is 1. The minimum Gasteiger partial charge on any atom is -0.494 e. The molecule has 1 saturated heterocycles. The predicted molar refractivity (Wildman–Crippen MR) is 128 cm³/mol. The largest absolute Gasteiger partial charge is 0.494 e. The van der Waals surface area contributed by atoms with Crippen LogP contribution in [0.2, 0.25) is 0 Å². The van der Waals surface area contributed by atoms with E-state index in [0.717, 1.165) is 55.7 Å². The third-order valence-corrected chi connectivity index (χ3v) is 5.38. The number of benzene rings is 2. The molecule has 0 aliphatic carbocycles. The van der Waals surface area contributed by atoms with Crippen molar-refractivity contribution in [1.29, 1.82) is 0 Å². The summed E-state index contributed by atoms with van der Waals surface area (Å²) in [5.74, 6) is -0.0517. The zero-order chi connectivity index (χ0) is 22.5. The number of carbonyl (C=O) groups is 1. The zero-order valence-corrected chi connectivity index (χ0v) is 19.4. The molecule has 0 spiro atoms. The van der Waals surface area contributed by atoms with E-state index in [9.17, 15) is 4.79 Å². The first-order chi connectivity index (χ1) is 15.0. The van der Waals surface area contributed by atoms with Gasteiger partial charge in [0.15, 0.2) is 0 Å². The number of ether oxygens (including phenoxy) is 1. The van der Waals surface area contributed by atoms with Crippen LogP contribution in [0.25, 0.3) is 10.8 Å². The molecule has 0 bridgehead atoms. The minimum absolute atomic E-state index is 0.313. The third-order valence-electron chi connectivity index (χ3n) is 5.38. The topological polar surface area (TPSA) is 65.0 Å². The van der Waals surface area contributed by atoms with E-state index in [4.69, 9.17) is 9.84 Å². The van der Waals surface area contributed by atoms with Crippen LogP contribution in [0.5, 0.6) is 5.75 Å². The molecule has 2 N–H and O–H groups in total. The fraction of sp³-hybridized carbons (Fsp3) is 0.560. The highest BCUT2D eigenvalue weighted by atomic mass is 16.5. The van der Waals surface area contributed by atoms with E-state index in [0.29, 0.717) is 5.56 Å². The van der Waals surface area contributed by atoms with Gasteiger partial charge in [0.1, 0.15) is 5.75 Å². The quantitative estimate of drug-likeness (QED) is 0.558. The number of hydrogen-bond donors (Lipinski definition) is 2. The fourth-order valence-corrected chi connectivity index (χ4v) is 3.59. The van der Waals surface area contributed by atoms with Crippen LogP contribution in [0.1, 0.15) is 43.0 Å². The number of aromatic carboxylic acids is 1. The lowest BCUT2D eigenvalue weighted by Crippen LogP contribution is -2.31. The first kappa shape index (κ1) is 25.1. The van der Waals surface area contributed by atoms with Crippen LogP contribution in [0.3, 0.4) is 0 Å². The van der Waals surface area contributed by atoms with Crippen molar-refractivity contribution in [1.82, 2.24) is 15.1 Å². The Morgan fingerprint density at radius 3 is 2.48 bits per heavy atom. The molecule has 0 radical (unpaired) electrons. The molecule has 172 valence electrons. The smallest absolute Gasteiger partial charge is 0.335 e. The van der Waals surface area contributed by atoms with E-state index in [2.05, 4.69) is 36.1 Å². The molecular weight excluding hydrogens is 390 g/mol. The van der Waals surface area contributed by atoms with Gasteiger partial charge in [-0.1, -0.05) is 25.5 Å². The summed E-state index contributed by atoms with van der Waals surface area (Å²) < 4.78 is 5.84. The number of rotatable bonds is 10. The molecule has 0 saturated carbocycles. The van der Waals surface area contributed by atoms with E-state index < -0.39 is 5.97 Å². The molecule has 1 heterocycles. The van der Waals surface area contributed by atoms with Crippen LogP contribution in [0.15, 0.2) is 36.4 Å². The summed E-state index contributed by atoms with van der Waals surface area (Å²) in [7, 11) is 4.16. The second kappa shape index (κ2) is 14.0. The Morgan fingerprint density at radius 1 is 1.10 bits per heavy atom. The van der Waals surface area contributed by atoms with Gasteiger partial charge in [0, 0.05) is 19.6 Å². The zero-order valence-electron chi connectivity index (χ0n) is 19.4. The number of fused-ring (bicyclic) bond motifs is 1. The van der Waals surface area contributed by atoms with Crippen molar-refractivity contribution < 1.29 is 14.6 Å². The van der Waals surface area contributed by atoms with E-state index >= 15 is 0 Å². The molecule has 6 nitrogen and oxygen atoms in total. The van der Waals surface area contributed by atoms with Crippen LogP contribution >= 0.6 is 0 Å². The Hall–Kier alpha value is -2.15. The Morgan fingerprint density at radius 2 is 1.81 bits per heavy atom. The number of carboxylic acids is 1. The van der Waals surface area contributed by atoms with Crippen molar-refractivity contribution >= 4 is 16.7 Å². The molecule has 2 aromatic carbocycles. The maximum Gasteiger partial charge on any atom is 0.335 e. The molecule has 6 heteroatoms. The van der Waals surface area contributed by atoms with Gasteiger partial charge in [0.2, 0.25) is 0 Å². The van der Waals surface area contributed by atoms with Gasteiger partial charge in [-0.25, -0.2) is 4.79 Å². The normalized spacial score (nSPS) is 14.3. The van der Waals surface area contributed by atoms with Crippen molar-refractivity contribution in [3.8, 4) is 5.75 Å². The fourth-order valence-electron chi connectivity index (χ4n) is 3.59. The third kappa shape index (κ3) is 9.68. The summed E-state index contributed by atoms with van der Waals surface area (Å²) in [4.78, 5) is 15.7. The molecule has 0 unspecified atom stereocenters. The molecule has 0 aromatic heterocycles. The van der Waals surface area contributed by atoms with E-state index in [-0.39, 0.29) is 0 Å². The van der Waals surface area contributed by atoms with Crippen molar-refractivity contribution in [2.75, 3.05) is 60.0 Å². The van der Waals surface area contributed by atoms with Gasteiger partial charge in [-0.05, 0) is 88.0 Å². The number of likely N-dealkylation sites (tertiary alicyclic amines) is 1. The SMILES string of the molecule is CCNCCN(C)C.O=C(O)c1ccc2cc(OCCCN3CCCCC3)ccc2c1. The Balaban J connectivity index is 0.000000366. The molecular formula is C25H39N3O3. The van der Waals surface area contributed by atoms with Gasteiger partial charge in [-0.2, -0.15) is 0 Å². The summed E-state index contributed by atoms with van der Waals surface area (Å²) in [6.45, 7) is 9.70. The van der Waals surface area contributed by atoms with E-state index in [1.807, 2.05) is 24.3 Å². The summed E-state index contributed by atoms with van der Waals surface area (Å²) in [5, 5.41) is 14.2. The van der Waals surface area contributed by atoms with Gasteiger partial charge in [0.05, 0.1) is 12.2 Å². The molecule has 0 amide bonds. The lowest BCUT2D eigenvalue weighted by atomic mass is 10.1. The maximum absolute atomic E-state index is 11.0. The summed E-state index contributed by atoms with van der Waals surface area (Å²) >= 11 is 0. The lowest BCUT2D eigenvalue weighted by Gasteiger charge is -2.26. The molecule has 1 fully saturated rings. The molecule has 1 aliphatic rings. The highest BCUT2D eigenvalue weighted by molar-refractivity contribution is 5.94. The maximum atomic E-state index is 11.0. The monoisotopic (exact) mass is 429 g/mol. The van der Waals surface area contributed by atoms with Crippen LogP contribution in [0, 0.1) is 0 Å². The molecule has 0 atom stereocenters. The van der Waals surface area contributed by atoms with Crippen molar-refractivity contribution in [3.63, 3.8) is 0 Å². The number of nitrogens with one attached hydrogen (secondary N) is 1. The van der Waals surface area contributed by atoms with Crippen molar-refractivity contribution in [2.45, 2.75) is 32.6 Å². The van der Waals surface area contributed by atoms with Crippen LogP contribution < -0.4 is 10.1 Å².